The molecule has 0 amide bonds. The summed E-state index contributed by atoms with van der Waals surface area (Å²) in [5.41, 5.74) is 0. The summed E-state index contributed by atoms with van der Waals surface area (Å²) >= 11 is 1.85. The zero-order valence-corrected chi connectivity index (χ0v) is 12.3. The Kier molecular flexibility index (Phi) is 5.15. The van der Waals surface area contributed by atoms with E-state index in [-0.39, 0.29) is 0 Å². The van der Waals surface area contributed by atoms with Crippen LogP contribution < -0.4 is 10.6 Å². The summed E-state index contributed by atoms with van der Waals surface area (Å²) in [6.07, 6.45) is 3.78. The Hall–Kier alpha value is -1.62. The fraction of sp³-hybridized carbons (Fsp3) is 0.429. The molecule has 0 aliphatic carbocycles. The molecule has 102 valence electrons. The number of nitrogens with one attached hydrogen (secondary N) is 2. The summed E-state index contributed by atoms with van der Waals surface area (Å²) in [5.74, 6) is 1.74. The number of anilines is 2. The molecule has 2 aromatic heterocycles. The lowest BCUT2D eigenvalue weighted by atomic mass is 10.3. The highest BCUT2D eigenvalue weighted by atomic mass is 32.1. The molecule has 2 aromatic rings. The molecule has 0 saturated heterocycles. The van der Waals surface area contributed by atoms with Crippen LogP contribution in [0.2, 0.25) is 0 Å². The van der Waals surface area contributed by atoms with E-state index >= 15 is 0 Å². The van der Waals surface area contributed by atoms with E-state index in [0.717, 1.165) is 37.6 Å². The molecule has 0 aliphatic rings. The predicted octanol–water partition coefficient (Wildman–Crippen LogP) is 3.53. The van der Waals surface area contributed by atoms with Gasteiger partial charge in [-0.15, -0.1) is 11.3 Å². The van der Waals surface area contributed by atoms with Crippen molar-refractivity contribution >= 4 is 23.0 Å². The van der Waals surface area contributed by atoms with Crippen molar-refractivity contribution in [3.63, 3.8) is 0 Å². The Morgan fingerprint density at radius 1 is 1.05 bits per heavy atom. The van der Waals surface area contributed by atoms with Crippen molar-refractivity contribution in [2.24, 2.45) is 0 Å². The molecule has 0 aromatic carbocycles. The second kappa shape index (κ2) is 7.09. The Morgan fingerprint density at radius 2 is 1.79 bits per heavy atom. The fourth-order valence-corrected chi connectivity index (χ4v) is 2.59. The smallest absolute Gasteiger partial charge is 0.131 e. The topological polar surface area (TPSA) is 49.8 Å². The van der Waals surface area contributed by atoms with Crippen LogP contribution in [0.25, 0.3) is 0 Å². The number of nitrogens with zero attached hydrogens (tertiary/aromatic N) is 2. The second-order valence-corrected chi connectivity index (χ2v) is 5.54. The molecular weight excluding hydrogens is 256 g/mol. The maximum atomic E-state index is 4.23. The highest BCUT2D eigenvalue weighted by Gasteiger charge is 2.01. The van der Waals surface area contributed by atoms with Crippen LogP contribution in [0.1, 0.15) is 30.0 Å². The molecule has 4 nitrogen and oxygen atoms in total. The summed E-state index contributed by atoms with van der Waals surface area (Å²) in [7, 11) is 0. The van der Waals surface area contributed by atoms with Crippen LogP contribution in [0.15, 0.2) is 24.5 Å². The summed E-state index contributed by atoms with van der Waals surface area (Å²) in [6, 6.07) is 6.31. The quantitative estimate of drug-likeness (QED) is 0.812. The van der Waals surface area contributed by atoms with Crippen molar-refractivity contribution in [1.82, 2.24) is 9.97 Å². The molecule has 2 N–H and O–H groups in total. The average Bonchev–Trinajstić information content (AvgIpc) is 2.91. The van der Waals surface area contributed by atoms with E-state index in [1.807, 2.05) is 17.4 Å². The molecule has 19 heavy (non-hydrogen) atoms. The summed E-state index contributed by atoms with van der Waals surface area (Å²) < 4.78 is 0. The lowest BCUT2D eigenvalue weighted by Crippen LogP contribution is -2.05. The van der Waals surface area contributed by atoms with E-state index in [2.05, 4.69) is 46.6 Å². The molecular formula is C14H20N4S. The number of aryl methyl sites for hydroxylation is 1. The normalized spacial score (nSPS) is 10.4. The van der Waals surface area contributed by atoms with Gasteiger partial charge in [-0.2, -0.15) is 0 Å². The molecule has 0 spiro atoms. The predicted molar refractivity (Wildman–Crippen MR) is 81.8 cm³/mol. The fourth-order valence-electron chi connectivity index (χ4n) is 1.69. The van der Waals surface area contributed by atoms with E-state index in [9.17, 15) is 0 Å². The van der Waals surface area contributed by atoms with E-state index < -0.39 is 0 Å². The van der Waals surface area contributed by atoms with E-state index in [4.69, 9.17) is 0 Å². The third kappa shape index (κ3) is 4.21. The van der Waals surface area contributed by atoms with Crippen molar-refractivity contribution < 1.29 is 0 Å². The monoisotopic (exact) mass is 276 g/mol. The molecule has 2 heterocycles. The summed E-state index contributed by atoms with van der Waals surface area (Å²) in [4.78, 5) is 11.2. The van der Waals surface area contributed by atoms with Gasteiger partial charge in [-0.1, -0.05) is 13.8 Å². The number of hydrogen-bond donors (Lipinski definition) is 2. The van der Waals surface area contributed by atoms with Crippen molar-refractivity contribution in [3.05, 3.63) is 34.3 Å². The van der Waals surface area contributed by atoms with Crippen LogP contribution in [0.4, 0.5) is 11.6 Å². The molecule has 0 aliphatic heterocycles. The lowest BCUT2D eigenvalue weighted by molar-refractivity contribution is 0.963. The molecule has 0 saturated carbocycles. The maximum absolute atomic E-state index is 4.23. The third-order valence-electron chi connectivity index (χ3n) is 2.73. The SMILES string of the molecule is CCCNc1cc(NCc2ccc(CC)s2)ncn1. The van der Waals surface area contributed by atoms with E-state index in [0.29, 0.717) is 0 Å². The Labute approximate surface area is 118 Å². The van der Waals surface area contributed by atoms with Gasteiger partial charge in [0.25, 0.3) is 0 Å². The van der Waals surface area contributed by atoms with Gasteiger partial charge in [0.1, 0.15) is 18.0 Å². The number of aromatic nitrogens is 2. The van der Waals surface area contributed by atoms with Gasteiger partial charge in [-0.3, -0.25) is 0 Å². The molecule has 0 radical (unpaired) electrons. The van der Waals surface area contributed by atoms with Crippen LogP contribution in [-0.2, 0) is 13.0 Å². The maximum Gasteiger partial charge on any atom is 0.131 e. The molecule has 0 fully saturated rings. The number of hydrogen-bond acceptors (Lipinski definition) is 5. The van der Waals surface area contributed by atoms with Crippen molar-refractivity contribution in [2.45, 2.75) is 33.2 Å². The van der Waals surface area contributed by atoms with E-state index in [1.165, 1.54) is 9.75 Å². The Morgan fingerprint density at radius 3 is 2.47 bits per heavy atom. The summed E-state index contributed by atoms with van der Waals surface area (Å²) in [6.45, 7) is 6.06. The van der Waals surface area contributed by atoms with Crippen molar-refractivity contribution in [2.75, 3.05) is 17.2 Å². The zero-order valence-electron chi connectivity index (χ0n) is 11.4. The minimum atomic E-state index is 0.814. The minimum absolute atomic E-state index is 0.814. The first-order valence-corrected chi connectivity index (χ1v) is 7.50. The molecule has 0 unspecified atom stereocenters. The second-order valence-electron chi connectivity index (χ2n) is 4.29. The highest BCUT2D eigenvalue weighted by molar-refractivity contribution is 7.12. The molecule has 5 heteroatoms. The van der Waals surface area contributed by atoms with Gasteiger partial charge in [0.2, 0.25) is 0 Å². The average molecular weight is 276 g/mol. The Balaban J connectivity index is 1.91. The first-order valence-electron chi connectivity index (χ1n) is 6.69. The third-order valence-corrected chi connectivity index (χ3v) is 3.96. The van der Waals surface area contributed by atoms with Gasteiger partial charge in [-0.05, 0) is 25.0 Å². The number of rotatable bonds is 7. The van der Waals surface area contributed by atoms with Crippen LogP contribution in [0.5, 0.6) is 0 Å². The lowest BCUT2D eigenvalue weighted by Gasteiger charge is -2.07. The molecule has 0 bridgehead atoms. The van der Waals surface area contributed by atoms with Crippen molar-refractivity contribution in [1.29, 1.82) is 0 Å². The van der Waals surface area contributed by atoms with Crippen LogP contribution >= 0.6 is 11.3 Å². The first-order chi connectivity index (χ1) is 9.31. The molecule has 0 atom stereocenters. The largest absolute Gasteiger partial charge is 0.370 e. The standard InChI is InChI=1S/C14H20N4S/c1-3-7-15-13-8-14(18-10-17-13)16-9-12-6-5-11(4-2)19-12/h5-6,8,10H,3-4,7,9H2,1-2H3,(H2,15,16,17,18). The van der Waals surface area contributed by atoms with Gasteiger partial charge >= 0.3 is 0 Å². The van der Waals surface area contributed by atoms with Gasteiger partial charge in [-0.25, -0.2) is 9.97 Å². The van der Waals surface area contributed by atoms with E-state index in [1.54, 1.807) is 6.33 Å². The van der Waals surface area contributed by atoms with Gasteiger partial charge in [0, 0.05) is 22.4 Å². The van der Waals surface area contributed by atoms with Gasteiger partial charge in [0.05, 0.1) is 6.54 Å². The minimum Gasteiger partial charge on any atom is -0.370 e. The highest BCUT2D eigenvalue weighted by Crippen LogP contribution is 2.18. The molecule has 2 rings (SSSR count). The van der Waals surface area contributed by atoms with Gasteiger partial charge < -0.3 is 10.6 Å². The van der Waals surface area contributed by atoms with Crippen molar-refractivity contribution in [3.8, 4) is 0 Å². The number of thiophene rings is 1. The Bertz CT molecular complexity index is 510. The van der Waals surface area contributed by atoms with Gasteiger partial charge in [0.15, 0.2) is 0 Å². The van der Waals surface area contributed by atoms with Crippen LogP contribution in [0, 0.1) is 0 Å². The van der Waals surface area contributed by atoms with Crippen LogP contribution in [-0.4, -0.2) is 16.5 Å². The summed E-state index contributed by atoms with van der Waals surface area (Å²) in [5, 5.41) is 6.59. The van der Waals surface area contributed by atoms with Crippen LogP contribution in [0.3, 0.4) is 0 Å². The zero-order chi connectivity index (χ0) is 13.5. The first kappa shape index (κ1) is 13.8.